The average Bonchev–Trinajstić information content (AvgIpc) is 3.05. The molecule has 2 N–H and O–H groups in total. The lowest BCUT2D eigenvalue weighted by Crippen LogP contribution is -2.32. The molecule has 31 heavy (non-hydrogen) atoms. The van der Waals surface area contributed by atoms with Crippen LogP contribution < -0.4 is 15.4 Å². The molecule has 0 aliphatic carbocycles. The van der Waals surface area contributed by atoms with E-state index in [-0.39, 0.29) is 18.2 Å². The van der Waals surface area contributed by atoms with E-state index in [1.807, 2.05) is 26.8 Å². The Morgan fingerprint density at radius 3 is 2.32 bits per heavy atom. The lowest BCUT2D eigenvalue weighted by atomic mass is 10.1. The molecule has 0 aliphatic rings. The van der Waals surface area contributed by atoms with Gasteiger partial charge in [0, 0.05) is 16.0 Å². The van der Waals surface area contributed by atoms with Crippen LogP contribution in [-0.4, -0.2) is 30.0 Å². The molecular weight excluding hydrogens is 424 g/mol. The van der Waals surface area contributed by atoms with Gasteiger partial charge in [-0.05, 0) is 57.2 Å². The van der Waals surface area contributed by atoms with Crippen LogP contribution in [0.25, 0.3) is 11.3 Å². The number of carbonyl (C=O) groups excluding carboxylic acids is 2. The highest BCUT2D eigenvalue weighted by atomic mass is 32.1. The Kier molecular flexibility index (Phi) is 6.96. The molecule has 0 saturated heterocycles. The number of aromatic nitrogens is 1. The lowest BCUT2D eigenvalue weighted by Gasteiger charge is -2.07. The van der Waals surface area contributed by atoms with Gasteiger partial charge in [-0.3, -0.25) is 9.59 Å². The van der Waals surface area contributed by atoms with Crippen LogP contribution in [0.1, 0.15) is 26.4 Å². The summed E-state index contributed by atoms with van der Waals surface area (Å²) in [5.41, 5.74) is 3.77. The van der Waals surface area contributed by atoms with Crippen LogP contribution in [0.5, 0.6) is 5.75 Å². The van der Waals surface area contributed by atoms with Crippen LogP contribution >= 0.6 is 11.3 Å². The van der Waals surface area contributed by atoms with E-state index < -0.39 is 12.5 Å². The van der Waals surface area contributed by atoms with Gasteiger partial charge in [-0.2, -0.15) is 8.78 Å². The molecule has 0 unspecified atom stereocenters. The van der Waals surface area contributed by atoms with Gasteiger partial charge in [0.1, 0.15) is 5.75 Å². The normalized spacial score (nSPS) is 10.8. The van der Waals surface area contributed by atoms with Gasteiger partial charge in [0.15, 0.2) is 5.13 Å². The fourth-order valence-electron chi connectivity index (χ4n) is 3.04. The van der Waals surface area contributed by atoms with Crippen LogP contribution in [0.2, 0.25) is 0 Å². The fourth-order valence-corrected chi connectivity index (χ4v) is 3.90. The summed E-state index contributed by atoms with van der Waals surface area (Å²) in [5.74, 6) is -0.678. The molecule has 2 aromatic carbocycles. The van der Waals surface area contributed by atoms with E-state index >= 15 is 0 Å². The van der Waals surface area contributed by atoms with Crippen LogP contribution in [0.15, 0.2) is 42.5 Å². The highest BCUT2D eigenvalue weighted by Crippen LogP contribution is 2.31. The SMILES string of the molecule is Cc1cc(C)cc(C(=O)NCC(=O)Nc2nc(-c3ccc(OC(F)F)cc3)c(C)s2)c1. The first-order valence-corrected chi connectivity index (χ1v) is 10.2. The molecule has 9 heteroatoms. The molecule has 0 spiro atoms. The second-order valence-electron chi connectivity index (χ2n) is 6.93. The molecule has 2 amide bonds. The Balaban J connectivity index is 1.60. The van der Waals surface area contributed by atoms with E-state index in [1.165, 1.54) is 23.5 Å². The lowest BCUT2D eigenvalue weighted by molar-refractivity contribution is -0.115. The summed E-state index contributed by atoms with van der Waals surface area (Å²) in [6.45, 7) is 2.56. The topological polar surface area (TPSA) is 80.3 Å². The minimum absolute atomic E-state index is 0.0553. The van der Waals surface area contributed by atoms with Gasteiger partial charge in [-0.1, -0.05) is 17.2 Å². The second-order valence-corrected chi connectivity index (χ2v) is 8.14. The molecule has 0 saturated carbocycles. The minimum Gasteiger partial charge on any atom is -0.435 e. The van der Waals surface area contributed by atoms with Gasteiger partial charge in [0.2, 0.25) is 5.91 Å². The maximum Gasteiger partial charge on any atom is 0.387 e. The highest BCUT2D eigenvalue weighted by molar-refractivity contribution is 7.16. The Morgan fingerprint density at radius 2 is 1.71 bits per heavy atom. The molecule has 0 radical (unpaired) electrons. The number of halogens is 2. The van der Waals surface area contributed by atoms with Crippen molar-refractivity contribution >= 4 is 28.3 Å². The molecule has 162 valence electrons. The van der Waals surface area contributed by atoms with Crippen LogP contribution in [-0.2, 0) is 4.79 Å². The summed E-state index contributed by atoms with van der Waals surface area (Å²) in [6, 6.07) is 11.6. The maximum absolute atomic E-state index is 12.3. The Bertz CT molecular complexity index is 1080. The first-order valence-electron chi connectivity index (χ1n) is 9.40. The standard InChI is InChI=1S/C22H21F2N3O3S/c1-12-8-13(2)10-16(9-12)20(29)25-11-18(28)26-22-27-19(14(3)31-22)15-4-6-17(7-5-15)30-21(23)24/h4-10,21H,11H2,1-3H3,(H,25,29)(H,26,27,28). The molecule has 0 aliphatic heterocycles. The number of nitrogens with one attached hydrogen (secondary N) is 2. The molecule has 0 bridgehead atoms. The summed E-state index contributed by atoms with van der Waals surface area (Å²) in [4.78, 5) is 29.8. The van der Waals surface area contributed by atoms with Crippen molar-refractivity contribution in [2.45, 2.75) is 27.4 Å². The first kappa shape index (κ1) is 22.4. The predicted octanol–water partition coefficient (Wildman–Crippen LogP) is 4.71. The van der Waals surface area contributed by atoms with Gasteiger partial charge in [0.25, 0.3) is 5.91 Å². The fraction of sp³-hybridized carbons (Fsp3) is 0.227. The number of benzene rings is 2. The molecule has 6 nitrogen and oxygen atoms in total. The number of nitrogens with zero attached hydrogens (tertiary/aromatic N) is 1. The third kappa shape index (κ3) is 6.08. The number of alkyl halides is 2. The zero-order chi connectivity index (χ0) is 22.5. The van der Waals surface area contributed by atoms with E-state index in [2.05, 4.69) is 20.4 Å². The third-order valence-corrected chi connectivity index (χ3v) is 5.18. The summed E-state index contributed by atoms with van der Waals surface area (Å²) in [5, 5.41) is 5.65. The molecule has 3 aromatic rings. The Labute approximate surface area is 182 Å². The zero-order valence-corrected chi connectivity index (χ0v) is 18.0. The van der Waals surface area contributed by atoms with Crippen molar-refractivity contribution in [3.63, 3.8) is 0 Å². The van der Waals surface area contributed by atoms with Crippen molar-refractivity contribution in [1.29, 1.82) is 0 Å². The summed E-state index contributed by atoms with van der Waals surface area (Å²) in [7, 11) is 0. The molecule has 1 aromatic heterocycles. The van der Waals surface area contributed by atoms with E-state index in [9.17, 15) is 18.4 Å². The van der Waals surface area contributed by atoms with E-state index in [0.717, 1.165) is 16.0 Å². The number of carbonyl (C=O) groups is 2. The number of amides is 2. The van der Waals surface area contributed by atoms with Crippen LogP contribution in [0.4, 0.5) is 13.9 Å². The largest absolute Gasteiger partial charge is 0.435 e. The quantitative estimate of drug-likeness (QED) is 0.552. The summed E-state index contributed by atoms with van der Waals surface area (Å²) < 4.78 is 28.9. The number of hydrogen-bond acceptors (Lipinski definition) is 5. The van der Waals surface area contributed by atoms with Gasteiger partial charge >= 0.3 is 6.61 Å². The van der Waals surface area contributed by atoms with E-state index in [0.29, 0.717) is 22.0 Å². The maximum atomic E-state index is 12.3. The Hall–Kier alpha value is -3.33. The van der Waals surface area contributed by atoms with Crippen molar-refractivity contribution in [2.75, 3.05) is 11.9 Å². The number of thiazole rings is 1. The number of aryl methyl sites for hydroxylation is 3. The van der Waals surface area contributed by atoms with E-state index in [1.54, 1.807) is 24.3 Å². The number of hydrogen-bond donors (Lipinski definition) is 2. The second kappa shape index (κ2) is 9.65. The van der Waals surface area contributed by atoms with Crippen molar-refractivity contribution in [3.05, 3.63) is 64.0 Å². The monoisotopic (exact) mass is 445 g/mol. The number of anilines is 1. The molecule has 3 rings (SSSR count). The average molecular weight is 445 g/mol. The van der Waals surface area contributed by atoms with Gasteiger partial charge in [0.05, 0.1) is 12.2 Å². The molecular formula is C22H21F2N3O3S. The van der Waals surface area contributed by atoms with E-state index in [4.69, 9.17) is 0 Å². The molecule has 1 heterocycles. The van der Waals surface area contributed by atoms with Crippen molar-refractivity contribution in [3.8, 4) is 17.0 Å². The first-order chi connectivity index (χ1) is 14.7. The van der Waals surface area contributed by atoms with Crippen molar-refractivity contribution in [1.82, 2.24) is 10.3 Å². The summed E-state index contributed by atoms with van der Waals surface area (Å²) >= 11 is 1.28. The molecule has 0 fully saturated rings. The summed E-state index contributed by atoms with van der Waals surface area (Å²) in [6.07, 6.45) is 0. The predicted molar refractivity (Wildman–Crippen MR) is 116 cm³/mol. The van der Waals surface area contributed by atoms with Crippen LogP contribution in [0.3, 0.4) is 0 Å². The van der Waals surface area contributed by atoms with Gasteiger partial charge in [-0.15, -0.1) is 11.3 Å². The zero-order valence-electron chi connectivity index (χ0n) is 17.2. The van der Waals surface area contributed by atoms with Crippen molar-refractivity contribution < 1.29 is 23.1 Å². The smallest absolute Gasteiger partial charge is 0.387 e. The number of rotatable bonds is 7. The number of ether oxygens (including phenoxy) is 1. The van der Waals surface area contributed by atoms with Gasteiger partial charge < -0.3 is 15.4 Å². The highest BCUT2D eigenvalue weighted by Gasteiger charge is 2.14. The minimum atomic E-state index is -2.89. The third-order valence-electron chi connectivity index (χ3n) is 4.29. The Morgan fingerprint density at radius 1 is 1.06 bits per heavy atom. The van der Waals surface area contributed by atoms with Crippen LogP contribution in [0, 0.1) is 20.8 Å². The van der Waals surface area contributed by atoms with Crippen molar-refractivity contribution in [2.24, 2.45) is 0 Å². The van der Waals surface area contributed by atoms with Gasteiger partial charge in [-0.25, -0.2) is 4.98 Å². The molecule has 0 atom stereocenters.